The van der Waals surface area contributed by atoms with Crippen LogP contribution in [0, 0.1) is 0 Å². The molecule has 0 spiro atoms. The molecule has 2 N–H and O–H groups in total. The minimum absolute atomic E-state index is 0.0292. The van der Waals surface area contributed by atoms with E-state index in [9.17, 15) is 23.4 Å². The second-order valence-corrected chi connectivity index (χ2v) is 6.77. The van der Waals surface area contributed by atoms with Crippen molar-refractivity contribution < 1.29 is 23.4 Å². The van der Waals surface area contributed by atoms with E-state index in [0.717, 1.165) is 6.07 Å². The van der Waals surface area contributed by atoms with Crippen LogP contribution in [0.4, 0.5) is 13.2 Å². The summed E-state index contributed by atoms with van der Waals surface area (Å²) in [4.78, 5) is 4.59. The number of phenols is 2. The summed E-state index contributed by atoms with van der Waals surface area (Å²) in [5, 5.41) is 19.4. The molecule has 0 amide bonds. The van der Waals surface area contributed by atoms with Crippen molar-refractivity contribution in [2.24, 2.45) is 0 Å². The molecule has 0 saturated heterocycles. The van der Waals surface area contributed by atoms with Gasteiger partial charge in [-0.05, 0) is 65.7 Å². The van der Waals surface area contributed by atoms with Crippen LogP contribution in [0.15, 0.2) is 84.9 Å². The quantitative estimate of drug-likeness (QED) is 0.407. The lowest BCUT2D eigenvalue weighted by molar-refractivity contribution is -0.137. The predicted octanol–water partition coefficient (Wildman–Crippen LogP) is 6.51. The number of nitrogens with zero attached hydrogens (tertiary/aromatic N) is 1. The molecule has 4 aromatic rings. The fraction of sp³-hybridized carbons (Fsp3) is 0.0417. The third kappa shape index (κ3) is 3.98. The SMILES string of the molecule is Oc1ccc(-c2cc(-c3ccccc3C(F)(F)F)cc(-c3cccc(O)c3)n2)cc1. The molecular formula is C24H16F3NO2. The first-order chi connectivity index (χ1) is 14.3. The van der Waals surface area contributed by atoms with Crippen molar-refractivity contribution in [2.45, 2.75) is 6.18 Å². The second kappa shape index (κ2) is 7.55. The average molecular weight is 407 g/mol. The Bertz CT molecular complexity index is 1200. The fourth-order valence-corrected chi connectivity index (χ4v) is 3.26. The summed E-state index contributed by atoms with van der Waals surface area (Å²) in [5.74, 6) is 0.104. The summed E-state index contributed by atoms with van der Waals surface area (Å²) in [6, 6.07) is 21.2. The van der Waals surface area contributed by atoms with E-state index in [1.165, 1.54) is 36.4 Å². The molecule has 1 aromatic heterocycles. The molecule has 0 aliphatic rings. The highest BCUT2D eigenvalue weighted by atomic mass is 19.4. The second-order valence-electron chi connectivity index (χ2n) is 6.77. The number of aromatic nitrogens is 1. The number of rotatable bonds is 3. The van der Waals surface area contributed by atoms with E-state index in [-0.39, 0.29) is 17.1 Å². The highest BCUT2D eigenvalue weighted by Gasteiger charge is 2.33. The van der Waals surface area contributed by atoms with Crippen molar-refractivity contribution in [3.05, 3.63) is 90.5 Å². The lowest BCUT2D eigenvalue weighted by Gasteiger charge is -2.15. The highest BCUT2D eigenvalue weighted by Crippen LogP contribution is 2.39. The number of phenolic OH excluding ortho intramolecular Hbond substituents is 2. The Morgan fingerprint density at radius 2 is 1.27 bits per heavy atom. The zero-order chi connectivity index (χ0) is 21.3. The monoisotopic (exact) mass is 407 g/mol. The molecule has 0 fully saturated rings. The van der Waals surface area contributed by atoms with Gasteiger partial charge in [0, 0.05) is 11.1 Å². The molecule has 30 heavy (non-hydrogen) atoms. The number of benzene rings is 3. The predicted molar refractivity (Wildman–Crippen MR) is 109 cm³/mol. The van der Waals surface area contributed by atoms with Crippen LogP contribution in [-0.4, -0.2) is 15.2 Å². The highest BCUT2D eigenvalue weighted by molar-refractivity contribution is 5.78. The van der Waals surface area contributed by atoms with Crippen molar-refractivity contribution in [2.75, 3.05) is 0 Å². The minimum Gasteiger partial charge on any atom is -0.508 e. The Morgan fingerprint density at radius 1 is 0.600 bits per heavy atom. The van der Waals surface area contributed by atoms with Gasteiger partial charge in [0.1, 0.15) is 11.5 Å². The number of alkyl halides is 3. The minimum atomic E-state index is -4.51. The molecular weight excluding hydrogens is 391 g/mol. The van der Waals surface area contributed by atoms with Crippen LogP contribution >= 0.6 is 0 Å². The van der Waals surface area contributed by atoms with Gasteiger partial charge in [-0.1, -0.05) is 30.3 Å². The van der Waals surface area contributed by atoms with E-state index in [1.54, 1.807) is 42.5 Å². The van der Waals surface area contributed by atoms with Gasteiger partial charge in [-0.3, -0.25) is 0 Å². The van der Waals surface area contributed by atoms with E-state index >= 15 is 0 Å². The molecule has 0 atom stereocenters. The van der Waals surface area contributed by atoms with E-state index in [2.05, 4.69) is 4.98 Å². The summed E-state index contributed by atoms with van der Waals surface area (Å²) < 4.78 is 40.8. The molecule has 0 bridgehead atoms. The fourth-order valence-electron chi connectivity index (χ4n) is 3.26. The van der Waals surface area contributed by atoms with Gasteiger partial charge in [0.25, 0.3) is 0 Å². The molecule has 0 radical (unpaired) electrons. The zero-order valence-corrected chi connectivity index (χ0v) is 15.6. The number of hydrogen-bond donors (Lipinski definition) is 2. The number of aromatic hydroxyl groups is 2. The van der Waals surface area contributed by atoms with Gasteiger partial charge < -0.3 is 10.2 Å². The van der Waals surface area contributed by atoms with Crippen LogP contribution in [0.5, 0.6) is 11.5 Å². The zero-order valence-electron chi connectivity index (χ0n) is 15.6. The van der Waals surface area contributed by atoms with Crippen molar-refractivity contribution in [1.82, 2.24) is 4.98 Å². The molecule has 0 saturated carbocycles. The van der Waals surface area contributed by atoms with Gasteiger partial charge in [0.05, 0.1) is 17.0 Å². The molecule has 3 nitrogen and oxygen atoms in total. The Kier molecular flexibility index (Phi) is 4.91. The molecule has 1 heterocycles. The smallest absolute Gasteiger partial charge is 0.417 e. The van der Waals surface area contributed by atoms with Crippen LogP contribution in [0.1, 0.15) is 5.56 Å². The summed E-state index contributed by atoms with van der Waals surface area (Å²) >= 11 is 0. The standard InChI is InChI=1S/C24H16F3NO2/c25-24(26,27)21-7-2-1-6-20(21)17-13-22(15-8-10-18(29)11-9-15)28-23(14-17)16-4-3-5-19(30)12-16/h1-14,29-30H. The molecule has 0 aliphatic carbocycles. The van der Waals surface area contributed by atoms with Crippen LogP contribution in [-0.2, 0) is 6.18 Å². The van der Waals surface area contributed by atoms with E-state index in [0.29, 0.717) is 28.1 Å². The molecule has 6 heteroatoms. The maximum Gasteiger partial charge on any atom is 0.417 e. The van der Waals surface area contributed by atoms with Crippen molar-refractivity contribution >= 4 is 0 Å². The molecule has 0 aliphatic heterocycles. The number of halogens is 3. The average Bonchev–Trinajstić information content (AvgIpc) is 2.73. The number of hydrogen-bond acceptors (Lipinski definition) is 3. The van der Waals surface area contributed by atoms with Gasteiger partial charge in [0.2, 0.25) is 0 Å². The molecule has 0 unspecified atom stereocenters. The van der Waals surface area contributed by atoms with E-state index < -0.39 is 11.7 Å². The molecule has 3 aromatic carbocycles. The van der Waals surface area contributed by atoms with Gasteiger partial charge in [0.15, 0.2) is 0 Å². The van der Waals surface area contributed by atoms with Gasteiger partial charge >= 0.3 is 6.18 Å². The summed E-state index contributed by atoms with van der Waals surface area (Å²) in [5.41, 5.74) is 1.72. The van der Waals surface area contributed by atoms with Crippen molar-refractivity contribution in [1.29, 1.82) is 0 Å². The first kappa shape index (κ1) is 19.5. The first-order valence-corrected chi connectivity index (χ1v) is 9.09. The van der Waals surface area contributed by atoms with Crippen LogP contribution in [0.25, 0.3) is 33.6 Å². The van der Waals surface area contributed by atoms with Gasteiger partial charge in [-0.15, -0.1) is 0 Å². The van der Waals surface area contributed by atoms with Crippen LogP contribution in [0.3, 0.4) is 0 Å². The topological polar surface area (TPSA) is 53.4 Å². The summed E-state index contributed by atoms with van der Waals surface area (Å²) in [6.07, 6.45) is -4.51. The Hall–Kier alpha value is -3.80. The van der Waals surface area contributed by atoms with Gasteiger partial charge in [-0.25, -0.2) is 4.98 Å². The Morgan fingerprint density at radius 3 is 1.93 bits per heavy atom. The van der Waals surface area contributed by atoms with E-state index in [1.807, 2.05) is 0 Å². The third-order valence-electron chi connectivity index (χ3n) is 4.67. The van der Waals surface area contributed by atoms with E-state index in [4.69, 9.17) is 0 Å². The van der Waals surface area contributed by atoms with Crippen molar-refractivity contribution in [3.8, 4) is 45.1 Å². The Balaban J connectivity index is 1.96. The normalized spacial score (nSPS) is 11.4. The van der Waals surface area contributed by atoms with Crippen LogP contribution in [0.2, 0.25) is 0 Å². The maximum absolute atomic E-state index is 13.6. The van der Waals surface area contributed by atoms with Gasteiger partial charge in [-0.2, -0.15) is 13.2 Å². The first-order valence-electron chi connectivity index (χ1n) is 9.09. The largest absolute Gasteiger partial charge is 0.508 e. The van der Waals surface area contributed by atoms with Crippen LogP contribution < -0.4 is 0 Å². The third-order valence-corrected chi connectivity index (χ3v) is 4.67. The lowest BCUT2D eigenvalue weighted by atomic mass is 9.96. The maximum atomic E-state index is 13.6. The number of pyridine rings is 1. The lowest BCUT2D eigenvalue weighted by Crippen LogP contribution is -2.07. The van der Waals surface area contributed by atoms with Crippen molar-refractivity contribution in [3.63, 3.8) is 0 Å². The Labute approximate surface area is 170 Å². The summed E-state index contributed by atoms with van der Waals surface area (Å²) in [7, 11) is 0. The summed E-state index contributed by atoms with van der Waals surface area (Å²) in [6.45, 7) is 0. The molecule has 150 valence electrons. The molecule has 4 rings (SSSR count).